The van der Waals surface area contributed by atoms with Crippen LogP contribution in [-0.2, 0) is 16.6 Å². The van der Waals surface area contributed by atoms with Crippen LogP contribution >= 0.6 is 0 Å². The Hall–Kier alpha value is -3.63. The molecule has 8 nitrogen and oxygen atoms in total. The zero-order valence-corrected chi connectivity index (χ0v) is 19.6. The van der Waals surface area contributed by atoms with Crippen LogP contribution in [0, 0.1) is 5.82 Å². The van der Waals surface area contributed by atoms with Crippen LogP contribution in [0.25, 0.3) is 22.3 Å². The molecule has 2 aromatic heterocycles. The molecule has 1 aliphatic rings. The minimum absolute atomic E-state index is 0.0542. The van der Waals surface area contributed by atoms with Gasteiger partial charge in [-0.05, 0) is 79.8 Å². The van der Waals surface area contributed by atoms with Gasteiger partial charge in [-0.1, -0.05) is 12.1 Å². The van der Waals surface area contributed by atoms with Gasteiger partial charge in [0.05, 0.1) is 16.1 Å². The summed E-state index contributed by atoms with van der Waals surface area (Å²) in [7, 11) is -3.74. The Kier molecular flexibility index (Phi) is 6.31. The van der Waals surface area contributed by atoms with Crippen LogP contribution in [0.3, 0.4) is 0 Å². The van der Waals surface area contributed by atoms with Crippen molar-refractivity contribution in [3.8, 4) is 17.1 Å². The first-order valence-electron chi connectivity index (χ1n) is 11.3. The molecule has 0 atom stereocenters. The molecule has 35 heavy (non-hydrogen) atoms. The predicted octanol–water partition coefficient (Wildman–Crippen LogP) is 4.41. The first-order valence-corrected chi connectivity index (χ1v) is 12.9. The second-order valence-electron chi connectivity index (χ2n) is 8.49. The smallest absolute Gasteiger partial charge is 0.245 e. The maximum Gasteiger partial charge on any atom is 0.245 e. The Morgan fingerprint density at radius 2 is 1.66 bits per heavy atom. The van der Waals surface area contributed by atoms with E-state index in [0.717, 1.165) is 36.8 Å². The van der Waals surface area contributed by atoms with Crippen molar-refractivity contribution in [2.24, 2.45) is 5.14 Å². The summed E-state index contributed by atoms with van der Waals surface area (Å²) in [4.78, 5) is 14.0. The van der Waals surface area contributed by atoms with E-state index in [0.29, 0.717) is 35.1 Å². The highest BCUT2D eigenvalue weighted by Crippen LogP contribution is 2.30. The number of rotatable bonds is 7. The molecular weight excluding hydrogens is 469 g/mol. The third-order valence-corrected chi connectivity index (χ3v) is 6.86. The van der Waals surface area contributed by atoms with E-state index in [-0.39, 0.29) is 16.8 Å². The van der Waals surface area contributed by atoms with Crippen molar-refractivity contribution in [1.29, 1.82) is 0 Å². The largest absolute Gasteiger partial charge is 0.473 e. The van der Waals surface area contributed by atoms with E-state index in [1.54, 1.807) is 24.3 Å². The van der Waals surface area contributed by atoms with E-state index in [1.165, 1.54) is 24.3 Å². The van der Waals surface area contributed by atoms with Crippen LogP contribution in [-0.4, -0.2) is 29.5 Å². The van der Waals surface area contributed by atoms with Gasteiger partial charge in [0.15, 0.2) is 5.52 Å². The molecule has 3 N–H and O–H groups in total. The van der Waals surface area contributed by atoms with Gasteiger partial charge in [-0.3, -0.25) is 0 Å². The lowest BCUT2D eigenvalue weighted by atomic mass is 10.1. The summed E-state index contributed by atoms with van der Waals surface area (Å²) in [6.07, 6.45) is 4.22. The van der Waals surface area contributed by atoms with Crippen molar-refractivity contribution < 1.29 is 17.5 Å². The van der Waals surface area contributed by atoms with Crippen molar-refractivity contribution in [3.05, 3.63) is 72.0 Å². The zero-order chi connectivity index (χ0) is 24.4. The number of nitrogens with zero attached hydrogens (tertiary/aromatic N) is 3. The first kappa shape index (κ1) is 23.1. The Morgan fingerprint density at radius 1 is 0.943 bits per heavy atom. The van der Waals surface area contributed by atoms with Gasteiger partial charge >= 0.3 is 0 Å². The molecule has 0 amide bonds. The van der Waals surface area contributed by atoms with Gasteiger partial charge in [0.1, 0.15) is 11.9 Å². The Labute approximate surface area is 202 Å². The lowest BCUT2D eigenvalue weighted by Crippen LogP contribution is -2.14. The molecule has 1 saturated carbocycles. The SMILES string of the molecule is NS(=O)(=O)c1ccc(CNc2nc(OC3CCCC3)c3nc(-c4ccc(F)cc4)ccc3n2)cc1. The van der Waals surface area contributed by atoms with E-state index >= 15 is 0 Å². The maximum atomic E-state index is 13.4. The van der Waals surface area contributed by atoms with Crippen LogP contribution in [0.1, 0.15) is 31.2 Å². The van der Waals surface area contributed by atoms with Gasteiger partial charge < -0.3 is 10.1 Å². The first-order chi connectivity index (χ1) is 16.8. The highest BCUT2D eigenvalue weighted by Gasteiger charge is 2.20. The van der Waals surface area contributed by atoms with Crippen molar-refractivity contribution in [2.75, 3.05) is 5.32 Å². The number of halogens is 1. The molecule has 5 rings (SSSR count). The Morgan fingerprint density at radius 3 is 2.34 bits per heavy atom. The van der Waals surface area contributed by atoms with E-state index < -0.39 is 10.0 Å². The number of nitrogens with two attached hydrogens (primary N) is 1. The quantitative estimate of drug-likeness (QED) is 0.391. The number of aromatic nitrogens is 3. The molecule has 0 unspecified atom stereocenters. The summed E-state index contributed by atoms with van der Waals surface area (Å²) in [5.74, 6) is 0.466. The molecule has 2 heterocycles. The summed E-state index contributed by atoms with van der Waals surface area (Å²) in [5.41, 5.74) is 3.45. The molecule has 180 valence electrons. The third-order valence-electron chi connectivity index (χ3n) is 5.93. The molecule has 0 radical (unpaired) electrons. The van der Waals surface area contributed by atoms with E-state index in [4.69, 9.17) is 14.9 Å². The number of nitrogens with one attached hydrogen (secondary N) is 1. The summed E-state index contributed by atoms with van der Waals surface area (Å²) < 4.78 is 42.5. The van der Waals surface area contributed by atoms with Gasteiger partial charge in [0, 0.05) is 12.1 Å². The standard InChI is InChI=1S/C25H24FN5O3S/c26-18-9-7-17(8-10-18)21-13-14-22-23(29-21)24(34-19-3-1-2-4-19)31-25(30-22)28-15-16-5-11-20(12-6-16)35(27,32)33/h5-14,19H,1-4,15H2,(H2,27,32,33)(H,28,30,31). The average molecular weight is 494 g/mol. The maximum absolute atomic E-state index is 13.4. The number of anilines is 1. The summed E-state index contributed by atoms with van der Waals surface area (Å²) in [5, 5.41) is 8.34. The molecule has 0 aliphatic heterocycles. The lowest BCUT2D eigenvalue weighted by molar-refractivity contribution is 0.204. The minimum atomic E-state index is -3.74. The number of hydrogen-bond acceptors (Lipinski definition) is 7. The Balaban J connectivity index is 1.45. The highest BCUT2D eigenvalue weighted by molar-refractivity contribution is 7.89. The summed E-state index contributed by atoms with van der Waals surface area (Å²) in [6.45, 7) is 0.375. The number of primary sulfonamides is 1. The van der Waals surface area contributed by atoms with Gasteiger partial charge in [0.2, 0.25) is 21.9 Å². The lowest BCUT2D eigenvalue weighted by Gasteiger charge is -2.15. The van der Waals surface area contributed by atoms with Crippen LogP contribution < -0.4 is 15.2 Å². The fourth-order valence-corrected chi connectivity index (χ4v) is 4.59. The van der Waals surface area contributed by atoms with Gasteiger partial charge in [-0.25, -0.2) is 27.9 Å². The molecule has 0 bridgehead atoms. The van der Waals surface area contributed by atoms with Crippen LogP contribution in [0.5, 0.6) is 5.88 Å². The number of sulfonamides is 1. The zero-order valence-electron chi connectivity index (χ0n) is 18.8. The van der Waals surface area contributed by atoms with Gasteiger partial charge in [0.25, 0.3) is 0 Å². The molecule has 1 fully saturated rings. The number of benzene rings is 2. The summed E-state index contributed by atoms with van der Waals surface area (Å²) >= 11 is 0. The van der Waals surface area contributed by atoms with Crippen LogP contribution in [0.2, 0.25) is 0 Å². The molecule has 1 aliphatic carbocycles. The third kappa shape index (κ3) is 5.39. The normalized spacial score (nSPS) is 14.3. The number of fused-ring (bicyclic) bond motifs is 1. The highest BCUT2D eigenvalue weighted by atomic mass is 32.2. The number of pyridine rings is 1. The number of ether oxygens (including phenoxy) is 1. The van der Waals surface area contributed by atoms with E-state index in [1.807, 2.05) is 12.1 Å². The van der Waals surface area contributed by atoms with Gasteiger partial charge in [-0.2, -0.15) is 4.98 Å². The second-order valence-corrected chi connectivity index (χ2v) is 10.1. The Bertz CT molecular complexity index is 1460. The van der Waals surface area contributed by atoms with E-state index in [2.05, 4.69) is 15.3 Å². The van der Waals surface area contributed by atoms with E-state index in [9.17, 15) is 12.8 Å². The topological polar surface area (TPSA) is 120 Å². The summed E-state index contributed by atoms with van der Waals surface area (Å²) in [6, 6.07) is 16.1. The second kappa shape index (κ2) is 9.55. The predicted molar refractivity (Wildman–Crippen MR) is 131 cm³/mol. The number of hydrogen-bond donors (Lipinski definition) is 2. The van der Waals surface area contributed by atoms with Crippen molar-refractivity contribution >= 4 is 27.0 Å². The fraction of sp³-hybridized carbons (Fsp3) is 0.240. The molecule has 10 heteroatoms. The van der Waals surface area contributed by atoms with Gasteiger partial charge in [-0.15, -0.1) is 0 Å². The van der Waals surface area contributed by atoms with Crippen molar-refractivity contribution in [3.63, 3.8) is 0 Å². The van der Waals surface area contributed by atoms with Crippen molar-refractivity contribution in [2.45, 2.75) is 43.2 Å². The molecule has 0 spiro atoms. The average Bonchev–Trinajstić information content (AvgIpc) is 3.36. The minimum Gasteiger partial charge on any atom is -0.473 e. The van der Waals surface area contributed by atoms with Crippen LogP contribution in [0.4, 0.5) is 10.3 Å². The molecule has 0 saturated heterocycles. The fourth-order valence-electron chi connectivity index (χ4n) is 4.07. The van der Waals surface area contributed by atoms with Crippen molar-refractivity contribution in [1.82, 2.24) is 15.0 Å². The monoisotopic (exact) mass is 493 g/mol. The molecular formula is C25H24FN5O3S. The molecule has 4 aromatic rings. The van der Waals surface area contributed by atoms with Crippen LogP contribution in [0.15, 0.2) is 65.6 Å². The molecule has 2 aromatic carbocycles.